The van der Waals surface area contributed by atoms with Gasteiger partial charge >= 0.3 is 12.1 Å². The van der Waals surface area contributed by atoms with Crippen LogP contribution in [0.1, 0.15) is 61.3 Å². The van der Waals surface area contributed by atoms with Crippen molar-refractivity contribution in [2.75, 3.05) is 6.54 Å². The van der Waals surface area contributed by atoms with E-state index in [2.05, 4.69) is 10.6 Å². The standard InChI is InChI=1S/C25H36F3N5O4/c1-22(2,3)17(31-21(37)25(26,27)28)20(36)33-11-14-15(24(14,6)7)16(33)19(35)30-13(10-29)8-12-9-23(4,5)32-18(12)34/h12-17H,8-9,11H2,1-7H3,(H,30,35)(H,31,37)(H,32,34)/t12-,13?,14+,15+,16+,17?/m1/s1. The van der Waals surface area contributed by atoms with E-state index in [1.807, 2.05) is 39.1 Å². The molecule has 0 aromatic rings. The Morgan fingerprint density at radius 1 is 1.16 bits per heavy atom. The maximum atomic E-state index is 13.5. The van der Waals surface area contributed by atoms with Crippen molar-refractivity contribution in [3.8, 4) is 6.07 Å². The van der Waals surface area contributed by atoms with Crippen LogP contribution in [-0.4, -0.2) is 64.9 Å². The van der Waals surface area contributed by atoms with Gasteiger partial charge in [0.1, 0.15) is 18.1 Å². The molecule has 3 fully saturated rings. The third kappa shape index (κ3) is 5.70. The fourth-order valence-electron chi connectivity index (χ4n) is 5.91. The third-order valence-electron chi connectivity index (χ3n) is 7.99. The average molecular weight is 528 g/mol. The minimum absolute atomic E-state index is 0.0481. The number of halogens is 3. The first-order valence-corrected chi connectivity index (χ1v) is 12.4. The molecule has 0 aromatic heterocycles. The zero-order chi connectivity index (χ0) is 28.3. The number of nitrogens with zero attached hydrogens (tertiary/aromatic N) is 2. The van der Waals surface area contributed by atoms with Crippen LogP contribution in [-0.2, 0) is 19.2 Å². The molecule has 2 aliphatic heterocycles. The topological polar surface area (TPSA) is 131 Å². The molecule has 0 aromatic carbocycles. The van der Waals surface area contributed by atoms with Crippen molar-refractivity contribution >= 4 is 23.6 Å². The second-order valence-corrected chi connectivity index (χ2v) is 12.9. The molecule has 3 rings (SSSR count). The summed E-state index contributed by atoms with van der Waals surface area (Å²) in [6, 6.07) is -1.50. The predicted molar refractivity (Wildman–Crippen MR) is 126 cm³/mol. The summed E-state index contributed by atoms with van der Waals surface area (Å²) in [7, 11) is 0. The van der Waals surface area contributed by atoms with Gasteiger partial charge < -0.3 is 20.9 Å². The first kappa shape index (κ1) is 28.7. The number of likely N-dealkylation sites (tertiary alicyclic amines) is 1. The number of carbonyl (C=O) groups is 4. The van der Waals surface area contributed by atoms with Gasteiger partial charge in [0.05, 0.1) is 6.07 Å². The SMILES string of the molecule is CC1(C)C[C@@H](CC(C#N)NC(=O)[C@@H]2[C@@H]3[C@H](CN2C(=O)C(NC(=O)C(F)(F)F)C(C)(C)C)C3(C)C)C(=O)N1. The number of rotatable bonds is 6. The Labute approximate surface area is 214 Å². The molecule has 3 aliphatic rings. The summed E-state index contributed by atoms with van der Waals surface area (Å²) < 4.78 is 38.9. The van der Waals surface area contributed by atoms with Gasteiger partial charge in [-0.05, 0) is 49.4 Å². The largest absolute Gasteiger partial charge is 0.471 e. The van der Waals surface area contributed by atoms with E-state index in [1.165, 1.54) is 25.7 Å². The van der Waals surface area contributed by atoms with Crippen LogP contribution in [0, 0.1) is 39.9 Å². The molecular weight excluding hydrogens is 491 g/mol. The van der Waals surface area contributed by atoms with Crippen molar-refractivity contribution in [2.24, 2.45) is 28.6 Å². The summed E-state index contributed by atoms with van der Waals surface area (Å²) in [6.45, 7) is 12.4. The molecule has 4 amide bonds. The number of nitriles is 1. The maximum Gasteiger partial charge on any atom is 0.471 e. The Kier molecular flexibility index (Phi) is 7.12. The normalized spacial score (nSPS) is 29.4. The van der Waals surface area contributed by atoms with Gasteiger partial charge in [-0.15, -0.1) is 0 Å². The lowest BCUT2D eigenvalue weighted by Gasteiger charge is -2.37. The summed E-state index contributed by atoms with van der Waals surface area (Å²) >= 11 is 0. The number of hydrogen-bond acceptors (Lipinski definition) is 5. The fraction of sp³-hybridized carbons (Fsp3) is 0.800. The second kappa shape index (κ2) is 9.17. The van der Waals surface area contributed by atoms with E-state index < -0.39 is 58.9 Å². The highest BCUT2D eigenvalue weighted by Gasteiger charge is 2.70. The van der Waals surface area contributed by atoms with Gasteiger partial charge in [-0.25, -0.2) is 0 Å². The van der Waals surface area contributed by atoms with Crippen molar-refractivity contribution in [1.29, 1.82) is 5.26 Å². The van der Waals surface area contributed by atoms with Gasteiger partial charge in [0.15, 0.2) is 0 Å². The molecule has 3 N–H and O–H groups in total. The van der Waals surface area contributed by atoms with Crippen molar-refractivity contribution in [1.82, 2.24) is 20.9 Å². The number of fused-ring (bicyclic) bond motifs is 1. The summed E-state index contributed by atoms with van der Waals surface area (Å²) in [4.78, 5) is 52.2. The van der Waals surface area contributed by atoms with Crippen LogP contribution in [0.15, 0.2) is 0 Å². The van der Waals surface area contributed by atoms with Gasteiger partial charge in [-0.1, -0.05) is 34.6 Å². The number of carbonyl (C=O) groups excluding carboxylic acids is 4. The van der Waals surface area contributed by atoms with Gasteiger partial charge in [0.25, 0.3) is 0 Å². The molecule has 0 radical (unpaired) electrons. The van der Waals surface area contributed by atoms with Crippen molar-refractivity contribution in [2.45, 2.75) is 91.1 Å². The number of nitrogens with one attached hydrogen (secondary N) is 3. The molecule has 2 saturated heterocycles. The van der Waals surface area contributed by atoms with E-state index in [0.29, 0.717) is 6.42 Å². The Morgan fingerprint density at radius 2 is 1.76 bits per heavy atom. The molecule has 37 heavy (non-hydrogen) atoms. The van der Waals surface area contributed by atoms with Crippen LogP contribution < -0.4 is 16.0 Å². The summed E-state index contributed by atoms with van der Waals surface area (Å²) in [5, 5.41) is 17.0. The Morgan fingerprint density at radius 3 is 2.22 bits per heavy atom. The van der Waals surface area contributed by atoms with E-state index in [0.717, 1.165) is 0 Å². The molecule has 6 atom stereocenters. The van der Waals surface area contributed by atoms with Crippen molar-refractivity contribution in [3.63, 3.8) is 0 Å². The smallest absolute Gasteiger partial charge is 0.351 e. The molecule has 1 aliphatic carbocycles. The highest BCUT2D eigenvalue weighted by Crippen LogP contribution is 2.65. The van der Waals surface area contributed by atoms with Crippen molar-refractivity contribution in [3.05, 3.63) is 0 Å². The number of piperidine rings is 1. The number of amides is 4. The van der Waals surface area contributed by atoms with E-state index >= 15 is 0 Å². The van der Waals surface area contributed by atoms with Crippen LogP contribution in [0.2, 0.25) is 0 Å². The minimum atomic E-state index is -5.17. The van der Waals surface area contributed by atoms with Crippen molar-refractivity contribution < 1.29 is 32.3 Å². The number of hydrogen-bond donors (Lipinski definition) is 3. The molecule has 0 spiro atoms. The molecular formula is C25H36F3N5O4. The predicted octanol–water partition coefficient (Wildman–Crippen LogP) is 1.88. The van der Waals surface area contributed by atoms with E-state index in [1.54, 1.807) is 0 Å². The molecule has 9 nitrogen and oxygen atoms in total. The first-order chi connectivity index (χ1) is 16.7. The van der Waals surface area contributed by atoms with Gasteiger partial charge in [0.2, 0.25) is 17.7 Å². The van der Waals surface area contributed by atoms with Crippen LogP contribution >= 0.6 is 0 Å². The summed E-state index contributed by atoms with van der Waals surface area (Å²) in [5.74, 6) is -4.56. The Balaban J connectivity index is 1.80. The maximum absolute atomic E-state index is 13.5. The number of alkyl halides is 3. The van der Waals surface area contributed by atoms with Gasteiger partial charge in [-0.2, -0.15) is 18.4 Å². The molecule has 206 valence electrons. The van der Waals surface area contributed by atoms with Crippen LogP contribution in [0.25, 0.3) is 0 Å². The van der Waals surface area contributed by atoms with E-state index in [4.69, 9.17) is 0 Å². The highest BCUT2D eigenvalue weighted by atomic mass is 19.4. The molecule has 0 bridgehead atoms. The van der Waals surface area contributed by atoms with E-state index in [9.17, 15) is 37.6 Å². The monoisotopic (exact) mass is 527 g/mol. The fourth-order valence-corrected chi connectivity index (χ4v) is 5.91. The zero-order valence-corrected chi connectivity index (χ0v) is 22.2. The quantitative estimate of drug-likeness (QED) is 0.485. The second-order valence-electron chi connectivity index (χ2n) is 12.9. The summed E-state index contributed by atoms with van der Waals surface area (Å²) in [5.41, 5.74) is -1.77. The lowest BCUT2D eigenvalue weighted by molar-refractivity contribution is -0.176. The highest BCUT2D eigenvalue weighted by molar-refractivity contribution is 5.95. The van der Waals surface area contributed by atoms with Crippen LogP contribution in [0.4, 0.5) is 13.2 Å². The first-order valence-electron chi connectivity index (χ1n) is 12.4. The van der Waals surface area contributed by atoms with Crippen LogP contribution in [0.5, 0.6) is 0 Å². The summed E-state index contributed by atoms with van der Waals surface area (Å²) in [6.07, 6.45) is -4.57. The molecule has 1 saturated carbocycles. The third-order valence-corrected chi connectivity index (χ3v) is 7.99. The van der Waals surface area contributed by atoms with Gasteiger partial charge in [-0.3, -0.25) is 19.2 Å². The zero-order valence-electron chi connectivity index (χ0n) is 22.2. The minimum Gasteiger partial charge on any atom is -0.351 e. The molecule has 12 heteroatoms. The molecule has 2 heterocycles. The lowest BCUT2D eigenvalue weighted by Crippen LogP contribution is -2.61. The molecule has 2 unspecified atom stereocenters. The van der Waals surface area contributed by atoms with E-state index in [-0.39, 0.29) is 36.1 Å². The van der Waals surface area contributed by atoms with Gasteiger partial charge in [0, 0.05) is 18.0 Å². The van der Waals surface area contributed by atoms with Crippen LogP contribution in [0.3, 0.4) is 0 Å². The Hall–Kier alpha value is -2.84. The average Bonchev–Trinajstić information content (AvgIpc) is 3.04. The lowest BCUT2D eigenvalue weighted by atomic mass is 9.85. The Bertz CT molecular complexity index is 1030.